The van der Waals surface area contributed by atoms with Crippen molar-refractivity contribution in [1.82, 2.24) is 14.5 Å². The number of carbonyl (C=O) groups excluding carboxylic acids is 1. The summed E-state index contributed by atoms with van der Waals surface area (Å²) in [6.07, 6.45) is 3.36. The van der Waals surface area contributed by atoms with Crippen molar-refractivity contribution >= 4 is 34.2 Å². The summed E-state index contributed by atoms with van der Waals surface area (Å²) in [4.78, 5) is 19.1. The minimum atomic E-state index is -0.0258. The Hall–Kier alpha value is -3.15. The van der Waals surface area contributed by atoms with Crippen molar-refractivity contribution in [2.45, 2.75) is 52.5 Å². The summed E-state index contributed by atoms with van der Waals surface area (Å²) in [6.45, 7) is 10.1. The second-order valence-corrected chi connectivity index (χ2v) is 10.7. The smallest absolute Gasteiger partial charge is 0.221 e. The van der Waals surface area contributed by atoms with E-state index in [1.165, 1.54) is 22.2 Å². The fourth-order valence-electron chi connectivity index (χ4n) is 5.49. The number of likely N-dealkylation sites (tertiary alicyclic amines) is 1. The fourth-order valence-corrected chi connectivity index (χ4v) is 5.61. The monoisotopic (exact) mass is 514 g/mol. The highest BCUT2D eigenvalue weighted by Gasteiger charge is 2.21. The van der Waals surface area contributed by atoms with E-state index in [4.69, 9.17) is 16.6 Å². The number of benzene rings is 3. The van der Waals surface area contributed by atoms with Gasteiger partial charge in [-0.15, -0.1) is 0 Å². The highest BCUT2D eigenvalue weighted by molar-refractivity contribution is 6.30. The van der Waals surface area contributed by atoms with Gasteiger partial charge >= 0.3 is 0 Å². The van der Waals surface area contributed by atoms with Crippen LogP contribution in [0.4, 0.5) is 5.69 Å². The molecule has 1 aliphatic heterocycles. The van der Waals surface area contributed by atoms with E-state index in [0.29, 0.717) is 5.92 Å². The summed E-state index contributed by atoms with van der Waals surface area (Å²) in [5, 5.41) is 3.65. The van der Waals surface area contributed by atoms with Crippen molar-refractivity contribution in [2.24, 2.45) is 0 Å². The molecule has 1 aromatic heterocycles. The van der Waals surface area contributed by atoms with Gasteiger partial charge in [-0.3, -0.25) is 4.79 Å². The normalized spacial score (nSPS) is 14.8. The summed E-state index contributed by atoms with van der Waals surface area (Å²) in [5.74, 6) is 1.53. The number of halogens is 1. The lowest BCUT2D eigenvalue weighted by Crippen LogP contribution is -2.34. The van der Waals surface area contributed by atoms with Crippen LogP contribution in [0.3, 0.4) is 0 Å². The summed E-state index contributed by atoms with van der Waals surface area (Å²) in [5.41, 5.74) is 8.12. The molecule has 0 spiro atoms. The molecule has 0 bridgehead atoms. The lowest BCUT2D eigenvalue weighted by molar-refractivity contribution is -0.114. The van der Waals surface area contributed by atoms with Crippen molar-refractivity contribution in [3.63, 3.8) is 0 Å². The highest BCUT2D eigenvalue weighted by atomic mass is 35.5. The Morgan fingerprint density at radius 3 is 2.51 bits per heavy atom. The van der Waals surface area contributed by atoms with Gasteiger partial charge in [0.15, 0.2) is 0 Å². The molecule has 0 radical (unpaired) electrons. The molecular weight excluding hydrogens is 480 g/mol. The Bertz CT molecular complexity index is 1400. The Balaban J connectivity index is 1.25. The van der Waals surface area contributed by atoms with Crippen LogP contribution in [-0.4, -0.2) is 40.0 Å². The number of fused-ring (bicyclic) bond motifs is 1. The highest BCUT2D eigenvalue weighted by Crippen LogP contribution is 2.31. The van der Waals surface area contributed by atoms with E-state index in [1.807, 2.05) is 24.3 Å². The number of piperidine rings is 1. The third-order valence-electron chi connectivity index (χ3n) is 7.67. The minimum Gasteiger partial charge on any atom is -0.326 e. The Labute approximate surface area is 224 Å². The van der Waals surface area contributed by atoms with E-state index in [1.54, 1.807) is 6.92 Å². The molecule has 0 saturated carbocycles. The van der Waals surface area contributed by atoms with E-state index < -0.39 is 0 Å². The standard InChI is InChI=1S/C31H35ClN4O/c1-21-8-13-29-30(22(21)2)34-31(25-9-11-27(32)12-10-25)36(29)17-5-16-35-18-14-24(15-19-35)26-6-4-7-28(20-26)33-23(3)37/h4,6-13,20,24H,5,14-19H2,1-3H3,(H,33,37). The molecule has 0 aliphatic carbocycles. The van der Waals surface area contributed by atoms with Crippen molar-refractivity contribution < 1.29 is 4.79 Å². The van der Waals surface area contributed by atoms with E-state index in [-0.39, 0.29) is 5.91 Å². The number of anilines is 1. The van der Waals surface area contributed by atoms with Gasteiger partial charge in [0.1, 0.15) is 5.82 Å². The molecule has 37 heavy (non-hydrogen) atoms. The van der Waals surface area contributed by atoms with Crippen molar-refractivity contribution in [3.8, 4) is 11.4 Å². The van der Waals surface area contributed by atoms with Gasteiger partial charge in [0.25, 0.3) is 0 Å². The number of carbonyl (C=O) groups is 1. The third kappa shape index (κ3) is 5.73. The Morgan fingerprint density at radius 1 is 1.03 bits per heavy atom. The van der Waals surface area contributed by atoms with Crippen LogP contribution in [0.25, 0.3) is 22.4 Å². The SMILES string of the molecule is CC(=O)Nc1cccc(C2CCN(CCCn3c(-c4ccc(Cl)cc4)nc4c(C)c(C)ccc43)CC2)c1. The zero-order chi connectivity index (χ0) is 25.9. The number of imidazole rings is 1. The molecule has 3 aromatic carbocycles. The molecule has 1 saturated heterocycles. The van der Waals surface area contributed by atoms with Gasteiger partial charge in [-0.25, -0.2) is 4.98 Å². The second kappa shape index (κ2) is 11.1. The first-order chi connectivity index (χ1) is 17.9. The number of hydrogen-bond donors (Lipinski definition) is 1. The molecule has 1 fully saturated rings. The van der Waals surface area contributed by atoms with Gasteiger partial charge in [-0.05, 0) is 118 Å². The summed E-state index contributed by atoms with van der Waals surface area (Å²) >= 11 is 6.16. The van der Waals surface area contributed by atoms with Crippen LogP contribution >= 0.6 is 11.6 Å². The van der Waals surface area contributed by atoms with Crippen molar-refractivity contribution in [3.05, 3.63) is 82.4 Å². The van der Waals surface area contributed by atoms with Crippen molar-refractivity contribution in [2.75, 3.05) is 25.0 Å². The maximum atomic E-state index is 11.4. The number of aromatic nitrogens is 2. The molecule has 0 atom stereocenters. The molecule has 0 unspecified atom stereocenters. The van der Waals surface area contributed by atoms with Crippen LogP contribution in [0.1, 0.15) is 48.8 Å². The second-order valence-electron chi connectivity index (χ2n) is 10.2. The molecule has 192 valence electrons. The summed E-state index contributed by atoms with van der Waals surface area (Å²) in [6, 6.07) is 20.7. The van der Waals surface area contributed by atoms with Gasteiger partial charge in [0.05, 0.1) is 11.0 Å². The minimum absolute atomic E-state index is 0.0258. The van der Waals surface area contributed by atoms with Crippen molar-refractivity contribution in [1.29, 1.82) is 0 Å². The lowest BCUT2D eigenvalue weighted by atomic mass is 9.89. The van der Waals surface area contributed by atoms with E-state index in [0.717, 1.165) is 73.1 Å². The number of nitrogens with one attached hydrogen (secondary N) is 1. The Kier molecular flexibility index (Phi) is 7.63. The van der Waals surface area contributed by atoms with Gasteiger partial charge in [-0.2, -0.15) is 0 Å². The topological polar surface area (TPSA) is 50.2 Å². The Morgan fingerprint density at radius 2 is 1.78 bits per heavy atom. The predicted molar refractivity (Wildman–Crippen MR) is 153 cm³/mol. The maximum absolute atomic E-state index is 11.4. The number of hydrogen-bond acceptors (Lipinski definition) is 3. The van der Waals surface area contributed by atoms with Crippen LogP contribution < -0.4 is 5.32 Å². The van der Waals surface area contributed by atoms with Crippen LogP contribution in [0.15, 0.2) is 60.7 Å². The third-order valence-corrected chi connectivity index (χ3v) is 7.92. The molecule has 1 amide bonds. The zero-order valence-electron chi connectivity index (χ0n) is 21.9. The summed E-state index contributed by atoms with van der Waals surface area (Å²) < 4.78 is 2.38. The number of nitrogens with zero attached hydrogens (tertiary/aromatic N) is 3. The van der Waals surface area contributed by atoms with E-state index in [2.05, 4.69) is 65.0 Å². The van der Waals surface area contributed by atoms with E-state index >= 15 is 0 Å². The fraction of sp³-hybridized carbons (Fsp3) is 0.355. The van der Waals surface area contributed by atoms with Gasteiger partial charge in [0.2, 0.25) is 5.91 Å². The molecule has 2 heterocycles. The molecule has 5 nitrogen and oxygen atoms in total. The maximum Gasteiger partial charge on any atom is 0.221 e. The van der Waals surface area contributed by atoms with Crippen LogP contribution in [0.5, 0.6) is 0 Å². The largest absolute Gasteiger partial charge is 0.326 e. The molecule has 1 aliphatic rings. The van der Waals surface area contributed by atoms with Crippen LogP contribution in [0, 0.1) is 13.8 Å². The molecular formula is C31H35ClN4O. The van der Waals surface area contributed by atoms with Gasteiger partial charge in [0, 0.05) is 29.7 Å². The molecule has 6 heteroatoms. The van der Waals surface area contributed by atoms with E-state index in [9.17, 15) is 4.79 Å². The lowest BCUT2D eigenvalue weighted by Gasteiger charge is -2.32. The van der Waals surface area contributed by atoms with Gasteiger partial charge < -0.3 is 14.8 Å². The predicted octanol–water partition coefficient (Wildman–Crippen LogP) is 7.20. The first-order valence-electron chi connectivity index (χ1n) is 13.2. The molecule has 5 rings (SSSR count). The first kappa shape index (κ1) is 25.5. The quantitative estimate of drug-likeness (QED) is 0.283. The number of rotatable bonds is 7. The molecule has 4 aromatic rings. The van der Waals surface area contributed by atoms with Crippen LogP contribution in [-0.2, 0) is 11.3 Å². The van der Waals surface area contributed by atoms with Crippen LogP contribution in [0.2, 0.25) is 5.02 Å². The summed E-state index contributed by atoms with van der Waals surface area (Å²) in [7, 11) is 0. The first-order valence-corrected chi connectivity index (χ1v) is 13.6. The number of amides is 1. The average Bonchev–Trinajstić information content (AvgIpc) is 3.26. The van der Waals surface area contributed by atoms with Gasteiger partial charge in [-0.1, -0.05) is 29.8 Å². The zero-order valence-corrected chi connectivity index (χ0v) is 22.7. The average molecular weight is 515 g/mol. The molecule has 1 N–H and O–H groups in total. The number of aryl methyl sites for hydroxylation is 3.